The predicted molar refractivity (Wildman–Crippen MR) is 161 cm³/mol. The van der Waals surface area contributed by atoms with E-state index in [1.54, 1.807) is 0 Å². The Morgan fingerprint density at radius 1 is 0.564 bits per heavy atom. The maximum atomic E-state index is 13.7. The van der Waals surface area contributed by atoms with E-state index in [0.29, 0.717) is 12.8 Å². The third kappa shape index (κ3) is 4.70. The monoisotopic (exact) mass is 660 g/mol. The van der Waals surface area contributed by atoms with E-state index in [1.165, 1.54) is 17.9 Å². The summed E-state index contributed by atoms with van der Waals surface area (Å²) in [6, 6.07) is 32.5. The van der Waals surface area contributed by atoms with Gasteiger partial charge in [0.15, 0.2) is 0 Å². The van der Waals surface area contributed by atoms with E-state index in [-0.39, 0.29) is 18.1 Å². The van der Waals surface area contributed by atoms with E-state index in [9.17, 15) is 9.59 Å². The van der Waals surface area contributed by atoms with Gasteiger partial charge in [-0.1, -0.05) is 0 Å². The molecule has 196 valence electrons. The molecule has 0 saturated carbocycles. The van der Waals surface area contributed by atoms with Crippen LogP contribution < -0.4 is 9.47 Å². The molecule has 0 N–H and O–H groups in total. The number of benzene rings is 4. The average molecular weight is 659 g/mol. The summed E-state index contributed by atoms with van der Waals surface area (Å²) in [6.07, 6.45) is 0.812. The molecule has 2 aliphatic heterocycles. The van der Waals surface area contributed by atoms with Crippen LogP contribution in [0.3, 0.4) is 0 Å². The van der Waals surface area contributed by atoms with Gasteiger partial charge in [-0.25, -0.2) is 0 Å². The number of rotatable bonds is 6. The summed E-state index contributed by atoms with van der Waals surface area (Å²) in [5, 5.41) is 0.259. The van der Waals surface area contributed by atoms with Crippen LogP contribution in [-0.4, -0.2) is 25.8 Å². The van der Waals surface area contributed by atoms with E-state index in [4.69, 9.17) is 9.47 Å². The van der Waals surface area contributed by atoms with Crippen molar-refractivity contribution in [2.75, 3.05) is 0 Å². The van der Waals surface area contributed by atoms with Gasteiger partial charge in [0.25, 0.3) is 0 Å². The standard InChI is InChI=1S/2C13H9O.2C3H6OS.Sn/c2*1-3-7-12-10(5-1)9-11-6-2-4-8-13(11)14-12;2*1-2-3(4)5;/h2*1-9H;2*2H2,1H3,(H,4,5);/q;;;;+2/p-2. The molecule has 0 radical (unpaired) electrons. The minimum absolute atomic E-state index is 0.120. The molecule has 6 rings (SSSR count). The molecule has 2 aliphatic rings. The van der Waals surface area contributed by atoms with Gasteiger partial charge in [0.1, 0.15) is 0 Å². The van der Waals surface area contributed by atoms with Crippen LogP contribution in [0.2, 0.25) is 0 Å². The van der Waals surface area contributed by atoms with Crippen LogP contribution in [0.4, 0.5) is 0 Å². The number of hydrogen-bond acceptors (Lipinski definition) is 6. The number of fused-ring (bicyclic) bond motifs is 4. The summed E-state index contributed by atoms with van der Waals surface area (Å²) in [7, 11) is 3.01. The van der Waals surface area contributed by atoms with Crippen molar-refractivity contribution in [1.29, 1.82) is 0 Å². The van der Waals surface area contributed by atoms with Crippen molar-refractivity contribution in [3.8, 4) is 23.0 Å². The van der Waals surface area contributed by atoms with Gasteiger partial charge in [-0.05, 0) is 0 Å². The zero-order valence-corrected chi connectivity index (χ0v) is 26.2. The third-order valence-corrected chi connectivity index (χ3v) is 36.1. The molecule has 0 atom stereocenters. The first-order chi connectivity index (χ1) is 19.1. The van der Waals surface area contributed by atoms with Crippen LogP contribution in [0.5, 0.6) is 23.0 Å². The molecule has 4 aromatic carbocycles. The van der Waals surface area contributed by atoms with Gasteiger partial charge in [0.05, 0.1) is 0 Å². The van der Waals surface area contributed by atoms with Crippen molar-refractivity contribution in [3.05, 3.63) is 119 Å². The Morgan fingerprint density at radius 2 is 0.846 bits per heavy atom. The molecule has 0 bridgehead atoms. The van der Waals surface area contributed by atoms with E-state index in [0.717, 1.165) is 45.3 Å². The average Bonchev–Trinajstić information content (AvgIpc) is 2.98. The predicted octanol–water partition coefficient (Wildman–Crippen LogP) is 8.72. The first-order valence-corrected chi connectivity index (χ1v) is 25.1. The van der Waals surface area contributed by atoms with Crippen LogP contribution >= 0.6 is 17.9 Å². The summed E-state index contributed by atoms with van der Waals surface area (Å²) in [4.78, 5) is 27.3. The molecular weight excluding hydrogens is 631 g/mol. The second-order valence-electron chi connectivity index (χ2n) is 9.60. The van der Waals surface area contributed by atoms with Crippen molar-refractivity contribution >= 4 is 43.7 Å². The Bertz CT molecular complexity index is 1360. The van der Waals surface area contributed by atoms with Crippen molar-refractivity contribution in [2.45, 2.75) is 34.6 Å². The number of carbonyl (C=O) groups is 2. The third-order valence-electron chi connectivity index (χ3n) is 7.29. The molecule has 2 heterocycles. The Balaban J connectivity index is 1.72. The summed E-state index contributed by atoms with van der Waals surface area (Å²) in [5.41, 5.74) is 4.23. The Morgan fingerprint density at radius 3 is 1.13 bits per heavy atom. The normalized spacial score (nSPS) is 14.2. The fraction of sp³-hybridized carbons (Fsp3) is 0.188. The molecule has 0 fully saturated rings. The van der Waals surface area contributed by atoms with E-state index in [1.807, 2.05) is 86.6 Å². The number of para-hydroxylation sites is 4. The fourth-order valence-corrected chi connectivity index (χ4v) is 40.1. The SMILES string of the molecule is CCC(=O)[S][Sn]([S]C(=O)CC)([CH]1c2ccccc2Oc2ccccc21)[CH]1c2ccccc2Oc2ccccc21. The first kappa shape index (κ1) is 26.5. The summed E-state index contributed by atoms with van der Waals surface area (Å²) in [5.74, 6) is 3.19. The molecular formula is C32H28O4S2Sn. The van der Waals surface area contributed by atoms with Gasteiger partial charge < -0.3 is 0 Å². The van der Waals surface area contributed by atoms with Crippen LogP contribution in [0, 0.1) is 0 Å². The molecule has 0 unspecified atom stereocenters. The van der Waals surface area contributed by atoms with Gasteiger partial charge in [-0.3, -0.25) is 0 Å². The van der Waals surface area contributed by atoms with Crippen LogP contribution in [-0.2, 0) is 9.59 Å². The van der Waals surface area contributed by atoms with E-state index < -0.39 is 15.6 Å². The fourth-order valence-electron chi connectivity index (χ4n) is 5.61. The van der Waals surface area contributed by atoms with Crippen molar-refractivity contribution in [3.63, 3.8) is 0 Å². The summed E-state index contributed by atoms with van der Waals surface area (Å²) >= 11 is -4.33. The number of hydrogen-bond donors (Lipinski definition) is 0. The Hall–Kier alpha value is -2.68. The molecule has 0 saturated heterocycles. The van der Waals surface area contributed by atoms with Gasteiger partial charge in [0.2, 0.25) is 0 Å². The zero-order valence-electron chi connectivity index (χ0n) is 21.8. The molecule has 0 spiro atoms. The van der Waals surface area contributed by atoms with Crippen molar-refractivity contribution < 1.29 is 19.1 Å². The number of carbonyl (C=O) groups excluding carboxylic acids is 2. The molecule has 4 aromatic rings. The topological polar surface area (TPSA) is 52.6 Å². The van der Waals surface area contributed by atoms with E-state index >= 15 is 0 Å². The van der Waals surface area contributed by atoms with Crippen LogP contribution in [0.1, 0.15) is 56.8 Å². The number of ether oxygens (including phenoxy) is 2. The van der Waals surface area contributed by atoms with E-state index in [2.05, 4.69) is 24.3 Å². The molecule has 0 amide bonds. The zero-order chi connectivity index (χ0) is 27.0. The molecule has 0 aliphatic carbocycles. The van der Waals surface area contributed by atoms with Crippen LogP contribution in [0.15, 0.2) is 97.1 Å². The molecule has 39 heavy (non-hydrogen) atoms. The van der Waals surface area contributed by atoms with Crippen LogP contribution in [0.25, 0.3) is 0 Å². The van der Waals surface area contributed by atoms with Crippen molar-refractivity contribution in [2.24, 2.45) is 0 Å². The molecule has 0 aromatic heterocycles. The Kier molecular flexibility index (Phi) is 7.53. The molecule has 4 nitrogen and oxygen atoms in total. The first-order valence-electron chi connectivity index (χ1n) is 13.2. The van der Waals surface area contributed by atoms with Gasteiger partial charge in [0, 0.05) is 0 Å². The van der Waals surface area contributed by atoms with Gasteiger partial charge in [-0.15, -0.1) is 0 Å². The minimum atomic E-state index is -4.33. The second kappa shape index (κ2) is 11.1. The second-order valence-corrected chi connectivity index (χ2v) is 32.6. The Labute approximate surface area is 238 Å². The van der Waals surface area contributed by atoms with Crippen molar-refractivity contribution in [1.82, 2.24) is 0 Å². The quantitative estimate of drug-likeness (QED) is 0.193. The maximum absolute atomic E-state index is 13.7. The summed E-state index contributed by atoms with van der Waals surface area (Å²) < 4.78 is 12.6. The molecule has 7 heteroatoms. The van der Waals surface area contributed by atoms with Gasteiger partial charge >= 0.3 is 240 Å². The van der Waals surface area contributed by atoms with Gasteiger partial charge in [-0.2, -0.15) is 0 Å². The summed E-state index contributed by atoms with van der Waals surface area (Å²) in [6.45, 7) is 3.83.